The van der Waals surface area contributed by atoms with Crippen LogP contribution in [0, 0.1) is 11.8 Å². The maximum Gasteiger partial charge on any atom is 3.00 e. The second-order valence-corrected chi connectivity index (χ2v) is 15.4. The molecule has 0 bridgehead atoms. The first-order valence-electron chi connectivity index (χ1n) is 15.0. The van der Waals surface area contributed by atoms with Crippen molar-refractivity contribution in [3.63, 3.8) is 0 Å². The van der Waals surface area contributed by atoms with Gasteiger partial charge >= 0.3 is 64.1 Å². The van der Waals surface area contributed by atoms with Gasteiger partial charge in [0.2, 0.25) is 0 Å². The Morgan fingerprint density at radius 1 is 0.543 bits per heavy atom. The minimum atomic E-state index is -0.826. The summed E-state index contributed by atoms with van der Waals surface area (Å²) >= 11 is -0.826. The van der Waals surface area contributed by atoms with E-state index in [4.69, 9.17) is 17.0 Å². The minimum Gasteiger partial charge on any atom is -0.168 e. The van der Waals surface area contributed by atoms with Crippen molar-refractivity contribution in [1.82, 2.24) is 0 Å². The van der Waals surface area contributed by atoms with Crippen molar-refractivity contribution in [2.24, 2.45) is 11.8 Å². The molecule has 0 nitrogen and oxygen atoms in total. The number of fused-ring (bicyclic) bond motifs is 4. The molecule has 6 heteroatoms. The summed E-state index contributed by atoms with van der Waals surface area (Å²) in [4.78, 5) is 0. The van der Waals surface area contributed by atoms with Crippen molar-refractivity contribution >= 4 is 49.3 Å². The van der Waals surface area contributed by atoms with Crippen LogP contribution in [0.1, 0.15) is 55.4 Å². The van der Waals surface area contributed by atoms with E-state index in [1.54, 1.807) is 22.3 Å². The topological polar surface area (TPSA) is 0 Å². The first-order valence-corrected chi connectivity index (χ1v) is 21.3. The van der Waals surface area contributed by atoms with Crippen LogP contribution < -0.4 is 24.8 Å². The van der Waals surface area contributed by atoms with Gasteiger partial charge in [0.25, 0.3) is 0 Å². The van der Waals surface area contributed by atoms with Crippen LogP contribution in [0.25, 0.3) is 32.3 Å². The molecule has 5 aromatic rings. The molecular formula is C40H42Cl4Zr2-. The van der Waals surface area contributed by atoms with Crippen molar-refractivity contribution in [3.05, 3.63) is 142 Å². The first kappa shape index (κ1) is 43.0. The van der Waals surface area contributed by atoms with Gasteiger partial charge in [0, 0.05) is 11.8 Å². The van der Waals surface area contributed by atoms with E-state index in [0.717, 1.165) is 0 Å². The van der Waals surface area contributed by atoms with Gasteiger partial charge in [-0.25, -0.2) is 0 Å². The summed E-state index contributed by atoms with van der Waals surface area (Å²) in [6.45, 7) is 18.5. The second-order valence-electron chi connectivity index (χ2n) is 11.7. The average Bonchev–Trinajstić information content (AvgIpc) is 3.74. The van der Waals surface area contributed by atoms with E-state index in [1.807, 2.05) is 0 Å². The fourth-order valence-electron chi connectivity index (χ4n) is 6.57. The van der Waals surface area contributed by atoms with Crippen LogP contribution in [-0.4, -0.2) is 0 Å². The SMILES string of the molecule is CC1=C(C)C(C)C(C2=C(C)C(C)=C(C)C2C)=C1C.[Cl-].[Cl-].[Cl][Zr][Cl].[Zr+3].c1ccc2[cH-]ccc2c1.c1ccc2c(c1)[cH-]c1ccccc12. The van der Waals surface area contributed by atoms with Gasteiger partial charge in [-0.1, -0.05) is 67.5 Å². The number of benzene rings is 3. The third kappa shape index (κ3) is 9.38. The number of allylic oxidation sites excluding steroid dienone is 8. The van der Waals surface area contributed by atoms with E-state index in [2.05, 4.69) is 152 Å². The maximum atomic E-state index is 4.93. The Bertz CT molecular complexity index is 1740. The molecule has 0 saturated carbocycles. The molecule has 0 spiro atoms. The summed E-state index contributed by atoms with van der Waals surface area (Å²) < 4.78 is 0. The molecule has 2 atom stereocenters. The van der Waals surface area contributed by atoms with Crippen LogP contribution in [0.3, 0.4) is 0 Å². The Morgan fingerprint density at radius 2 is 0.913 bits per heavy atom. The van der Waals surface area contributed by atoms with Gasteiger partial charge in [0.1, 0.15) is 0 Å². The van der Waals surface area contributed by atoms with E-state index in [0.29, 0.717) is 11.8 Å². The van der Waals surface area contributed by atoms with Crippen molar-refractivity contribution in [2.45, 2.75) is 55.4 Å². The van der Waals surface area contributed by atoms with E-state index < -0.39 is 20.8 Å². The number of halogens is 4. The Labute approximate surface area is 326 Å². The largest absolute Gasteiger partial charge is 3.00 e. The predicted molar refractivity (Wildman–Crippen MR) is 189 cm³/mol. The zero-order chi connectivity index (χ0) is 31.3. The minimum absolute atomic E-state index is 0. The Hall–Kier alpha value is -0.974. The zero-order valence-corrected chi connectivity index (χ0v) is 35.8. The summed E-state index contributed by atoms with van der Waals surface area (Å²) in [7, 11) is 9.87. The monoisotopic (exact) mass is 842 g/mol. The molecule has 2 aliphatic carbocycles. The molecule has 0 heterocycles. The van der Waals surface area contributed by atoms with Gasteiger partial charge in [-0.05, 0) is 75.0 Å². The van der Waals surface area contributed by atoms with Crippen LogP contribution >= 0.6 is 17.0 Å². The molecule has 0 saturated heterocycles. The van der Waals surface area contributed by atoms with Crippen LogP contribution in [0.4, 0.5) is 0 Å². The fourth-order valence-corrected chi connectivity index (χ4v) is 6.57. The Balaban J connectivity index is 0.000000333. The van der Waals surface area contributed by atoms with Gasteiger partial charge in [-0.2, -0.15) is 17.5 Å². The van der Waals surface area contributed by atoms with Crippen molar-refractivity contribution in [3.8, 4) is 0 Å². The molecule has 2 unspecified atom stereocenters. The first-order chi connectivity index (χ1) is 20.6. The number of hydrogen-bond donors (Lipinski definition) is 0. The quantitative estimate of drug-likeness (QED) is 0.156. The Kier molecular flexibility index (Phi) is 18.6. The summed E-state index contributed by atoms with van der Waals surface area (Å²) in [5, 5.41) is 8.05. The Morgan fingerprint density at radius 3 is 1.28 bits per heavy atom. The normalized spacial score (nSPS) is 16.9. The predicted octanol–water partition coefficient (Wildman–Crippen LogP) is 7.24. The molecule has 0 amide bonds. The van der Waals surface area contributed by atoms with E-state index in [9.17, 15) is 0 Å². The standard InChI is InChI=1S/C18H26.C13H9.C9H7.4ClH.2Zr/c1-9-10(2)14(6)17(13(9)5)18-15(7)11(3)12(4)16(18)8;1-3-7-12-10(5-1)9-11-6-2-4-8-13(11)12;1-2-5-9-7-3-6-8(9)4-1;;;;;;/h13,15H,1-8H3;1-9H;1-7H;4*1H;;/q;2*-1;;;;;+2;+3/p-4. The molecule has 7 rings (SSSR count). The maximum absolute atomic E-state index is 4.93. The molecular weight excluding hydrogens is 805 g/mol. The summed E-state index contributed by atoms with van der Waals surface area (Å²) in [5.41, 5.74) is 12.4. The van der Waals surface area contributed by atoms with Crippen molar-refractivity contribution in [2.75, 3.05) is 0 Å². The van der Waals surface area contributed by atoms with E-state index in [-0.39, 0.29) is 51.0 Å². The summed E-state index contributed by atoms with van der Waals surface area (Å²) in [5.74, 6) is 1.19. The molecule has 5 aromatic carbocycles. The third-order valence-corrected chi connectivity index (χ3v) is 9.64. The molecule has 0 N–H and O–H groups in total. The second kappa shape index (κ2) is 19.9. The van der Waals surface area contributed by atoms with Gasteiger partial charge < -0.3 is 24.8 Å². The summed E-state index contributed by atoms with van der Waals surface area (Å²) in [6, 6.07) is 33.9. The van der Waals surface area contributed by atoms with Crippen molar-refractivity contribution in [1.29, 1.82) is 0 Å². The third-order valence-electron chi connectivity index (χ3n) is 9.64. The number of rotatable bonds is 1. The smallest absolute Gasteiger partial charge is 0.168 e. The molecule has 0 aromatic heterocycles. The van der Waals surface area contributed by atoms with Crippen LogP contribution in [0.5, 0.6) is 0 Å². The van der Waals surface area contributed by atoms with E-state index >= 15 is 0 Å². The summed E-state index contributed by atoms with van der Waals surface area (Å²) in [6.07, 6.45) is 0. The molecule has 0 fully saturated rings. The van der Waals surface area contributed by atoms with Gasteiger partial charge in [0.05, 0.1) is 0 Å². The molecule has 1 radical (unpaired) electrons. The van der Waals surface area contributed by atoms with Crippen molar-refractivity contribution < 1.29 is 71.9 Å². The van der Waals surface area contributed by atoms with Gasteiger partial charge in [0.15, 0.2) is 0 Å². The molecule has 239 valence electrons. The van der Waals surface area contributed by atoms with Gasteiger partial charge in [-0.3, -0.25) is 0 Å². The van der Waals surface area contributed by atoms with Gasteiger partial charge in [-0.15, -0.1) is 69.4 Å². The van der Waals surface area contributed by atoms with Crippen LogP contribution in [0.15, 0.2) is 142 Å². The van der Waals surface area contributed by atoms with Crippen LogP contribution in [0.2, 0.25) is 0 Å². The molecule has 0 aliphatic heterocycles. The number of hydrogen-bond acceptors (Lipinski definition) is 0. The zero-order valence-electron chi connectivity index (χ0n) is 27.9. The average molecular weight is 847 g/mol. The molecule has 2 aliphatic rings. The van der Waals surface area contributed by atoms with Crippen LogP contribution in [-0.2, 0) is 47.1 Å². The molecule has 46 heavy (non-hydrogen) atoms. The fraction of sp³-hybridized carbons (Fsp3) is 0.250. The van der Waals surface area contributed by atoms with E-state index in [1.165, 1.54) is 54.6 Å².